The lowest BCUT2D eigenvalue weighted by Gasteiger charge is -2.33. The maximum atomic E-state index is 12.9. The second-order valence-electron chi connectivity index (χ2n) is 6.12. The molecule has 0 bridgehead atoms. The largest absolute Gasteiger partial charge is 0.508 e. The quantitative estimate of drug-likeness (QED) is 0.311. The second-order valence-corrected chi connectivity index (χ2v) is 9.31. The van der Waals surface area contributed by atoms with E-state index in [1.54, 1.807) is 0 Å². The molecular formula is C19H12Cl4O5S. The molecule has 0 radical (unpaired) electrons. The lowest BCUT2D eigenvalue weighted by atomic mass is 9.83. The SMILES string of the molecule is O=S(=O)(O)C(c1ccc(O)cc1)(c1cc(O)c(Cl)c(Cl)c1)c1cc(Cl)ccc1Cl. The number of phenols is 2. The summed E-state index contributed by atoms with van der Waals surface area (Å²) in [6.45, 7) is 0. The normalized spacial score (nSPS) is 13.8. The van der Waals surface area contributed by atoms with Crippen LogP contribution in [0.3, 0.4) is 0 Å². The molecule has 0 aliphatic rings. The highest BCUT2D eigenvalue weighted by atomic mass is 35.5. The van der Waals surface area contributed by atoms with E-state index in [-0.39, 0.29) is 42.5 Å². The van der Waals surface area contributed by atoms with Crippen molar-refractivity contribution in [2.75, 3.05) is 0 Å². The zero-order chi connectivity index (χ0) is 21.6. The number of rotatable bonds is 4. The fraction of sp³-hybridized carbons (Fsp3) is 0.0526. The van der Waals surface area contributed by atoms with Crippen molar-refractivity contribution in [3.05, 3.63) is 91.4 Å². The number of hydrogen-bond acceptors (Lipinski definition) is 4. The van der Waals surface area contributed by atoms with Gasteiger partial charge in [0, 0.05) is 15.6 Å². The molecule has 0 spiro atoms. The van der Waals surface area contributed by atoms with Gasteiger partial charge >= 0.3 is 0 Å². The molecule has 3 N–H and O–H groups in total. The van der Waals surface area contributed by atoms with Crippen molar-refractivity contribution >= 4 is 56.5 Å². The molecule has 0 aliphatic carbocycles. The lowest BCUT2D eigenvalue weighted by molar-refractivity contribution is 0.455. The molecule has 0 heterocycles. The summed E-state index contributed by atoms with van der Waals surface area (Å²) in [6, 6.07) is 11.4. The van der Waals surface area contributed by atoms with Crippen LogP contribution in [0.5, 0.6) is 11.5 Å². The number of benzene rings is 3. The molecule has 152 valence electrons. The van der Waals surface area contributed by atoms with Crippen molar-refractivity contribution in [2.45, 2.75) is 4.75 Å². The highest BCUT2D eigenvalue weighted by Gasteiger charge is 2.50. The van der Waals surface area contributed by atoms with Gasteiger partial charge in [0.15, 0.2) is 4.75 Å². The third-order valence-electron chi connectivity index (χ3n) is 4.38. The minimum Gasteiger partial charge on any atom is -0.508 e. The number of phenolic OH excluding ortho intramolecular Hbond substituents is 2. The second kappa shape index (κ2) is 7.87. The Morgan fingerprint density at radius 2 is 1.38 bits per heavy atom. The van der Waals surface area contributed by atoms with Gasteiger partial charge in [0.1, 0.15) is 16.5 Å². The molecule has 5 nitrogen and oxygen atoms in total. The molecule has 29 heavy (non-hydrogen) atoms. The molecule has 0 fully saturated rings. The maximum Gasteiger partial charge on any atom is 0.283 e. The van der Waals surface area contributed by atoms with Gasteiger partial charge in [-0.15, -0.1) is 0 Å². The molecule has 0 saturated heterocycles. The summed E-state index contributed by atoms with van der Waals surface area (Å²) >= 11 is 24.4. The van der Waals surface area contributed by atoms with E-state index in [1.165, 1.54) is 48.5 Å². The van der Waals surface area contributed by atoms with Gasteiger partial charge < -0.3 is 10.2 Å². The topological polar surface area (TPSA) is 94.8 Å². The Morgan fingerprint density at radius 3 is 1.93 bits per heavy atom. The minimum atomic E-state index is -5.02. The van der Waals surface area contributed by atoms with Crippen molar-refractivity contribution < 1.29 is 23.2 Å². The van der Waals surface area contributed by atoms with Gasteiger partial charge in [-0.25, -0.2) is 0 Å². The smallest absolute Gasteiger partial charge is 0.283 e. The van der Waals surface area contributed by atoms with E-state index >= 15 is 0 Å². The minimum absolute atomic E-state index is 0.0137. The first-order chi connectivity index (χ1) is 13.5. The number of aromatic hydroxyl groups is 2. The van der Waals surface area contributed by atoms with Gasteiger partial charge in [0.05, 0.1) is 5.02 Å². The van der Waals surface area contributed by atoms with E-state index in [2.05, 4.69) is 0 Å². The van der Waals surface area contributed by atoms with Crippen LogP contribution in [0.25, 0.3) is 0 Å². The fourth-order valence-corrected chi connectivity index (χ4v) is 5.26. The van der Waals surface area contributed by atoms with E-state index in [0.717, 1.165) is 6.07 Å². The monoisotopic (exact) mass is 492 g/mol. The van der Waals surface area contributed by atoms with E-state index in [9.17, 15) is 23.2 Å². The lowest BCUT2D eigenvalue weighted by Crippen LogP contribution is -2.38. The number of hydrogen-bond donors (Lipinski definition) is 3. The summed E-state index contributed by atoms with van der Waals surface area (Å²) in [5, 5.41) is 19.6. The highest BCUT2D eigenvalue weighted by molar-refractivity contribution is 7.87. The Bertz CT molecular complexity index is 1170. The van der Waals surface area contributed by atoms with Crippen LogP contribution in [-0.4, -0.2) is 23.2 Å². The molecule has 0 aromatic heterocycles. The fourth-order valence-electron chi connectivity index (χ4n) is 3.16. The molecule has 1 atom stereocenters. The van der Waals surface area contributed by atoms with Gasteiger partial charge in [0.25, 0.3) is 10.1 Å². The zero-order valence-electron chi connectivity index (χ0n) is 14.3. The molecule has 3 rings (SSSR count). The van der Waals surface area contributed by atoms with E-state index in [1.807, 2.05) is 0 Å². The molecule has 0 aliphatic heterocycles. The van der Waals surface area contributed by atoms with Crippen LogP contribution in [0, 0.1) is 0 Å². The standard InChI is InChI=1S/C19H12Cl4O5S/c20-12-3-6-15(21)14(9-12)19(29(26,27)28,10-1-4-13(24)5-2-10)11-7-16(22)18(23)17(25)8-11/h1-9,24-25H,(H,26,27,28). The molecular weight excluding hydrogens is 482 g/mol. The van der Waals surface area contributed by atoms with Crippen LogP contribution in [0.1, 0.15) is 16.7 Å². The van der Waals surface area contributed by atoms with Crippen molar-refractivity contribution in [3.8, 4) is 11.5 Å². The summed E-state index contributed by atoms with van der Waals surface area (Å²) in [7, 11) is -5.02. The van der Waals surface area contributed by atoms with Gasteiger partial charge in [-0.3, -0.25) is 4.55 Å². The maximum absolute atomic E-state index is 12.9. The Morgan fingerprint density at radius 1 is 0.759 bits per heavy atom. The van der Waals surface area contributed by atoms with Gasteiger partial charge in [-0.1, -0.05) is 58.5 Å². The predicted octanol–water partition coefficient (Wildman–Crippen LogP) is 5.89. The third kappa shape index (κ3) is 3.77. The van der Waals surface area contributed by atoms with E-state index < -0.39 is 20.6 Å². The van der Waals surface area contributed by atoms with Crippen LogP contribution < -0.4 is 0 Å². The molecule has 10 heteroatoms. The highest BCUT2D eigenvalue weighted by Crippen LogP contribution is 2.49. The summed E-state index contributed by atoms with van der Waals surface area (Å²) in [5.74, 6) is -0.633. The Balaban J connectivity index is 2.58. The average Bonchev–Trinajstić information content (AvgIpc) is 2.63. The first-order valence-corrected chi connectivity index (χ1v) is 10.8. The summed E-state index contributed by atoms with van der Waals surface area (Å²) in [4.78, 5) is 0. The van der Waals surface area contributed by atoms with E-state index in [0.29, 0.717) is 0 Å². The first kappa shape index (κ1) is 22.0. The Kier molecular flexibility index (Phi) is 5.98. The first-order valence-electron chi connectivity index (χ1n) is 7.89. The van der Waals surface area contributed by atoms with Crippen LogP contribution >= 0.6 is 46.4 Å². The Labute approximate surface area is 186 Å². The van der Waals surface area contributed by atoms with Crippen molar-refractivity contribution in [3.63, 3.8) is 0 Å². The van der Waals surface area contributed by atoms with Crippen molar-refractivity contribution in [1.29, 1.82) is 0 Å². The average molecular weight is 494 g/mol. The summed E-state index contributed by atoms with van der Waals surface area (Å²) in [6.07, 6.45) is 0. The van der Waals surface area contributed by atoms with Crippen molar-refractivity contribution in [1.82, 2.24) is 0 Å². The molecule has 0 amide bonds. The molecule has 0 saturated carbocycles. The van der Waals surface area contributed by atoms with E-state index in [4.69, 9.17) is 46.4 Å². The van der Waals surface area contributed by atoms with Gasteiger partial charge in [-0.2, -0.15) is 8.42 Å². The molecule has 3 aromatic rings. The van der Waals surface area contributed by atoms with Gasteiger partial charge in [0.2, 0.25) is 0 Å². The van der Waals surface area contributed by atoms with Crippen LogP contribution in [0.15, 0.2) is 54.6 Å². The third-order valence-corrected chi connectivity index (χ3v) is 7.21. The molecule has 1 unspecified atom stereocenters. The van der Waals surface area contributed by atoms with Crippen molar-refractivity contribution in [2.24, 2.45) is 0 Å². The summed E-state index contributed by atoms with van der Waals surface area (Å²) < 4.78 is 34.0. The zero-order valence-corrected chi connectivity index (χ0v) is 18.1. The summed E-state index contributed by atoms with van der Waals surface area (Å²) in [5.41, 5.74) is -0.209. The van der Waals surface area contributed by atoms with Crippen LogP contribution in [0.4, 0.5) is 0 Å². The predicted molar refractivity (Wildman–Crippen MR) is 114 cm³/mol. The van der Waals surface area contributed by atoms with Crippen LogP contribution in [0.2, 0.25) is 20.1 Å². The van der Waals surface area contributed by atoms with Crippen LogP contribution in [-0.2, 0) is 14.9 Å². The number of halogens is 4. The molecule has 3 aromatic carbocycles. The van der Waals surface area contributed by atoms with Gasteiger partial charge in [-0.05, 0) is 53.6 Å². The Hall–Kier alpha value is -1.67.